The van der Waals surface area contributed by atoms with Crippen LogP contribution in [-0.2, 0) is 0 Å². The summed E-state index contributed by atoms with van der Waals surface area (Å²) in [6, 6.07) is 73.4. The van der Waals surface area contributed by atoms with E-state index in [1.807, 2.05) is 12.1 Å². The second-order valence-corrected chi connectivity index (χ2v) is 16.1. The van der Waals surface area contributed by atoms with Gasteiger partial charge in [-0.2, -0.15) is 0 Å². The number of nitrogens with one attached hydrogen (secondary N) is 1. The normalized spacial score (nSPS) is 14.3. The smallest absolute Gasteiger partial charge is 0.159 e. The van der Waals surface area contributed by atoms with Crippen molar-refractivity contribution in [2.24, 2.45) is 9.98 Å². The fourth-order valence-electron chi connectivity index (χ4n) is 9.73. The highest BCUT2D eigenvalue weighted by molar-refractivity contribution is 6.22. The third-order valence-electron chi connectivity index (χ3n) is 12.6. The van der Waals surface area contributed by atoms with E-state index in [2.05, 4.69) is 204 Å². The molecule has 1 unspecified atom stereocenters. The van der Waals surface area contributed by atoms with E-state index in [0.29, 0.717) is 5.84 Å². The predicted octanol–water partition coefficient (Wildman–Crippen LogP) is 14.3. The number of aromatic nitrogens is 1. The van der Waals surface area contributed by atoms with Gasteiger partial charge in [-0.1, -0.05) is 158 Å². The van der Waals surface area contributed by atoms with E-state index in [4.69, 9.17) is 14.4 Å². The van der Waals surface area contributed by atoms with Crippen molar-refractivity contribution in [2.45, 2.75) is 6.17 Å². The van der Waals surface area contributed by atoms with E-state index in [0.717, 1.165) is 83.1 Å². The molecule has 62 heavy (non-hydrogen) atoms. The Morgan fingerprint density at radius 2 is 1.11 bits per heavy atom. The molecule has 0 amide bonds. The fraction of sp³-hybridized carbons (Fsp3) is 0.0175. The molecule has 10 aromatic carbocycles. The van der Waals surface area contributed by atoms with E-state index in [9.17, 15) is 0 Å². The number of para-hydroxylation sites is 3. The second kappa shape index (κ2) is 13.6. The van der Waals surface area contributed by atoms with E-state index < -0.39 is 0 Å². The minimum atomic E-state index is -0.364. The molecule has 5 nitrogen and oxygen atoms in total. The zero-order valence-electron chi connectivity index (χ0n) is 33.5. The number of nitrogens with zero attached hydrogens (tertiary/aromatic N) is 3. The maximum absolute atomic E-state index is 6.78. The van der Waals surface area contributed by atoms with Gasteiger partial charge in [0.15, 0.2) is 5.84 Å². The molecular weight excluding hydrogens is 757 g/mol. The van der Waals surface area contributed by atoms with Crippen LogP contribution in [0.1, 0.15) is 22.9 Å². The number of aliphatic imine (C=N–C) groups is 2. The molecule has 2 aromatic heterocycles. The van der Waals surface area contributed by atoms with Crippen LogP contribution < -0.4 is 5.32 Å². The lowest BCUT2D eigenvalue weighted by atomic mass is 9.96. The lowest BCUT2D eigenvalue weighted by Crippen LogP contribution is -2.33. The molecule has 0 spiro atoms. The summed E-state index contributed by atoms with van der Waals surface area (Å²) in [5.41, 5.74) is 10.1. The summed E-state index contributed by atoms with van der Waals surface area (Å²) >= 11 is 0. The Morgan fingerprint density at radius 3 is 1.97 bits per heavy atom. The maximum atomic E-state index is 6.78. The van der Waals surface area contributed by atoms with Crippen molar-refractivity contribution in [2.75, 3.05) is 0 Å². The number of hydrogen-bond donors (Lipinski definition) is 1. The van der Waals surface area contributed by atoms with E-state index in [1.165, 1.54) is 32.3 Å². The molecule has 3 heterocycles. The molecule has 0 fully saturated rings. The predicted molar refractivity (Wildman–Crippen MR) is 258 cm³/mol. The van der Waals surface area contributed by atoms with Crippen molar-refractivity contribution in [3.63, 3.8) is 0 Å². The SMILES string of the molecule is c1ccc(C2N=C(c3ccc(-n4c5ccccc5c5cc6ccccc6cc54)c(-c4cccc5c4oc4ccccc45)c3)N=C(c3cc4ccccc4c4ccccc34)N2)cc1. The van der Waals surface area contributed by atoms with Gasteiger partial charge in [-0.05, 0) is 86.4 Å². The zero-order chi connectivity index (χ0) is 40.7. The van der Waals surface area contributed by atoms with Gasteiger partial charge < -0.3 is 14.3 Å². The zero-order valence-corrected chi connectivity index (χ0v) is 33.5. The van der Waals surface area contributed by atoms with Gasteiger partial charge >= 0.3 is 0 Å². The topological polar surface area (TPSA) is 54.8 Å². The standard InChI is InChI=1S/C57H36N4O/c1-2-15-35(16-3-1)55-58-56(60-57(59-55)49-32-38-19-6-7-20-40(38)41-21-8-9-22-42(41)49)39-29-30-51(48(33-39)46-26-14-25-45-44-24-11-13-28-53(44)62-54(45)46)61-50-27-12-10-23-43(50)47-31-36-17-4-5-18-37(36)34-52(47)61/h1-34,55H,(H,58,59,60). The van der Waals surface area contributed by atoms with Crippen molar-refractivity contribution < 1.29 is 4.42 Å². The van der Waals surface area contributed by atoms with Crippen LogP contribution in [0.5, 0.6) is 0 Å². The van der Waals surface area contributed by atoms with Gasteiger partial charge in [0.05, 0.1) is 16.7 Å². The molecule has 1 aliphatic rings. The number of hydrogen-bond acceptors (Lipinski definition) is 4. The first-order valence-electron chi connectivity index (χ1n) is 21.1. The van der Waals surface area contributed by atoms with Crippen LogP contribution in [0.2, 0.25) is 0 Å². The molecule has 1 aliphatic heterocycles. The summed E-state index contributed by atoms with van der Waals surface area (Å²) in [5, 5.41) is 15.5. The fourth-order valence-corrected chi connectivity index (χ4v) is 9.73. The average molecular weight is 793 g/mol. The lowest BCUT2D eigenvalue weighted by molar-refractivity contribution is 0.670. The van der Waals surface area contributed by atoms with Gasteiger partial charge in [0.2, 0.25) is 0 Å². The van der Waals surface area contributed by atoms with Gasteiger partial charge in [0.25, 0.3) is 0 Å². The number of benzene rings is 10. The molecule has 0 saturated carbocycles. The maximum Gasteiger partial charge on any atom is 0.159 e. The van der Waals surface area contributed by atoms with Gasteiger partial charge in [0.1, 0.15) is 23.2 Å². The molecule has 1 atom stereocenters. The van der Waals surface area contributed by atoms with Crippen molar-refractivity contribution in [1.29, 1.82) is 0 Å². The van der Waals surface area contributed by atoms with E-state index in [-0.39, 0.29) is 6.17 Å². The van der Waals surface area contributed by atoms with Crippen LogP contribution in [0.25, 0.3) is 92.9 Å². The van der Waals surface area contributed by atoms with Crippen LogP contribution in [0.4, 0.5) is 0 Å². The highest BCUT2D eigenvalue weighted by Gasteiger charge is 2.25. The van der Waals surface area contributed by atoms with Crippen LogP contribution in [0, 0.1) is 0 Å². The minimum absolute atomic E-state index is 0.364. The number of rotatable bonds is 5. The first-order chi connectivity index (χ1) is 30.7. The number of fused-ring (bicyclic) bond motifs is 10. The molecule has 0 bridgehead atoms. The van der Waals surface area contributed by atoms with Gasteiger partial charge in [0, 0.05) is 43.8 Å². The third kappa shape index (κ3) is 5.35. The molecule has 1 N–H and O–H groups in total. The molecule has 0 saturated heterocycles. The van der Waals surface area contributed by atoms with Gasteiger partial charge in [-0.15, -0.1) is 0 Å². The van der Waals surface area contributed by atoms with Crippen LogP contribution in [-0.4, -0.2) is 16.2 Å². The Hall–Kier alpha value is -8.28. The van der Waals surface area contributed by atoms with Gasteiger partial charge in [-0.25, -0.2) is 9.98 Å². The Balaban J connectivity index is 1.09. The summed E-state index contributed by atoms with van der Waals surface area (Å²) in [6.07, 6.45) is -0.364. The molecule has 0 radical (unpaired) electrons. The molecule has 13 rings (SSSR count). The van der Waals surface area contributed by atoms with Crippen molar-refractivity contribution in [3.05, 3.63) is 223 Å². The molecule has 5 heteroatoms. The second-order valence-electron chi connectivity index (χ2n) is 16.1. The summed E-state index contributed by atoms with van der Waals surface area (Å²) < 4.78 is 9.20. The first-order valence-corrected chi connectivity index (χ1v) is 21.1. The lowest BCUT2D eigenvalue weighted by Gasteiger charge is -2.25. The number of furan rings is 1. The van der Waals surface area contributed by atoms with Gasteiger partial charge in [-0.3, -0.25) is 0 Å². The Kier molecular flexibility index (Phi) is 7.60. The minimum Gasteiger partial charge on any atom is -0.455 e. The molecular formula is C57H36N4O. The van der Waals surface area contributed by atoms with Crippen LogP contribution in [0.15, 0.2) is 221 Å². The molecule has 0 aliphatic carbocycles. The van der Waals surface area contributed by atoms with E-state index in [1.54, 1.807) is 0 Å². The van der Waals surface area contributed by atoms with Crippen molar-refractivity contribution in [3.8, 4) is 16.8 Å². The molecule has 290 valence electrons. The highest BCUT2D eigenvalue weighted by Crippen LogP contribution is 2.42. The Morgan fingerprint density at radius 1 is 0.435 bits per heavy atom. The molecule has 12 aromatic rings. The largest absolute Gasteiger partial charge is 0.455 e. The summed E-state index contributed by atoms with van der Waals surface area (Å²) in [6.45, 7) is 0. The summed E-state index contributed by atoms with van der Waals surface area (Å²) in [7, 11) is 0. The summed E-state index contributed by atoms with van der Waals surface area (Å²) in [4.78, 5) is 10.8. The van der Waals surface area contributed by atoms with Crippen LogP contribution >= 0.6 is 0 Å². The van der Waals surface area contributed by atoms with Crippen LogP contribution in [0.3, 0.4) is 0 Å². The third-order valence-corrected chi connectivity index (χ3v) is 12.6. The average Bonchev–Trinajstić information content (AvgIpc) is 3.88. The quantitative estimate of drug-likeness (QED) is 0.177. The highest BCUT2D eigenvalue weighted by atomic mass is 16.3. The van der Waals surface area contributed by atoms with E-state index >= 15 is 0 Å². The Labute approximate surface area is 356 Å². The summed E-state index contributed by atoms with van der Waals surface area (Å²) in [5.74, 6) is 1.44. The van der Waals surface area contributed by atoms with Crippen molar-refractivity contribution in [1.82, 2.24) is 9.88 Å². The Bertz CT molecular complexity index is 3850. The first kappa shape index (κ1) is 34.6. The van der Waals surface area contributed by atoms with Crippen molar-refractivity contribution >= 4 is 87.7 Å². The monoisotopic (exact) mass is 792 g/mol. The number of amidine groups is 2.